The van der Waals surface area contributed by atoms with E-state index in [-0.39, 0.29) is 0 Å². The average Bonchev–Trinajstić information content (AvgIpc) is 2.15. The van der Waals surface area contributed by atoms with Crippen LogP contribution in [0, 0.1) is 0 Å². The Morgan fingerprint density at radius 1 is 1.88 bits per heavy atom. The number of hydrogen-bond donors (Lipinski definition) is 0. The van der Waals surface area contributed by atoms with E-state index in [1.165, 1.54) is 0 Å². The van der Waals surface area contributed by atoms with Crippen molar-refractivity contribution in [2.75, 3.05) is 0 Å². The van der Waals surface area contributed by atoms with Crippen LogP contribution in [0.25, 0.3) is 0 Å². The maximum Gasteiger partial charge on any atom is 0.243 e. The Morgan fingerprint density at radius 3 is 2.88 bits per heavy atom. The van der Waals surface area contributed by atoms with Crippen LogP contribution in [0.2, 0.25) is 0 Å². The van der Waals surface area contributed by atoms with E-state index >= 15 is 0 Å². The molecule has 0 atom stereocenters. The molecule has 1 aromatic heterocycles. The number of imidazole rings is 1. The quantitative estimate of drug-likeness (QED) is 0.463. The zero-order valence-corrected chi connectivity index (χ0v) is 5.26. The third-order valence-electron chi connectivity index (χ3n) is 1.10. The minimum atomic E-state index is 0.553. The molecule has 0 unspecified atom stereocenters. The Bertz CT molecular complexity index is 205. The summed E-state index contributed by atoms with van der Waals surface area (Å²) < 4.78 is 11.1. The fourth-order valence-corrected chi connectivity index (χ4v) is 0.626. The van der Waals surface area contributed by atoms with Crippen LogP contribution in [0.5, 0.6) is 0 Å². The Balaban J connectivity index is 3.04. The van der Waals surface area contributed by atoms with Gasteiger partial charge in [0.25, 0.3) is 0 Å². The summed E-state index contributed by atoms with van der Waals surface area (Å²) in [6.45, 7) is 2.90. The second-order valence-corrected chi connectivity index (χ2v) is 1.80. The highest BCUT2D eigenvalue weighted by Crippen LogP contribution is 1.79. The van der Waals surface area contributed by atoms with E-state index in [0.717, 1.165) is 6.54 Å². The SMILES string of the molecule is [2H]c1n(CC)cc[n+]1C. The molecule has 0 bridgehead atoms. The normalized spacial score (nSPS) is 11.5. The molecule has 8 heavy (non-hydrogen) atoms. The van der Waals surface area contributed by atoms with Crippen molar-refractivity contribution in [1.82, 2.24) is 4.57 Å². The molecule has 0 radical (unpaired) electrons. The van der Waals surface area contributed by atoms with E-state index in [0.29, 0.717) is 6.30 Å². The van der Waals surface area contributed by atoms with Gasteiger partial charge in [-0.25, -0.2) is 9.13 Å². The van der Waals surface area contributed by atoms with Gasteiger partial charge in [0.15, 0.2) is 1.37 Å². The molecule has 0 aliphatic heterocycles. The monoisotopic (exact) mass is 112 g/mol. The lowest BCUT2D eigenvalue weighted by molar-refractivity contribution is -0.671. The van der Waals surface area contributed by atoms with Crippen molar-refractivity contribution in [3.8, 4) is 0 Å². The first-order valence-corrected chi connectivity index (χ1v) is 2.77. The van der Waals surface area contributed by atoms with Gasteiger partial charge < -0.3 is 0 Å². The van der Waals surface area contributed by atoms with Crippen LogP contribution in [0.15, 0.2) is 18.7 Å². The van der Waals surface area contributed by atoms with E-state index in [9.17, 15) is 0 Å². The predicted molar refractivity (Wildman–Crippen MR) is 31.3 cm³/mol. The van der Waals surface area contributed by atoms with Crippen molar-refractivity contribution >= 4 is 0 Å². The molecule has 0 aliphatic rings. The van der Waals surface area contributed by atoms with Crippen molar-refractivity contribution in [2.45, 2.75) is 13.5 Å². The number of aryl methyl sites for hydroxylation is 2. The van der Waals surface area contributed by atoms with Gasteiger partial charge in [-0.3, -0.25) is 0 Å². The summed E-state index contributed by atoms with van der Waals surface area (Å²) in [6.07, 6.45) is 4.34. The highest BCUT2D eigenvalue weighted by atomic mass is 15.1. The third kappa shape index (κ3) is 0.886. The molecule has 1 aromatic rings. The van der Waals surface area contributed by atoms with Crippen LogP contribution >= 0.6 is 0 Å². The van der Waals surface area contributed by atoms with Crippen molar-refractivity contribution < 1.29 is 5.94 Å². The molecule has 0 saturated carbocycles. The van der Waals surface area contributed by atoms with Crippen LogP contribution in [0.3, 0.4) is 0 Å². The first-order chi connectivity index (χ1) is 4.25. The molecular weight excluding hydrogens is 100 g/mol. The Hall–Kier alpha value is -0.790. The summed E-state index contributed by atoms with van der Waals surface area (Å²) >= 11 is 0. The van der Waals surface area contributed by atoms with E-state index in [2.05, 4.69) is 0 Å². The summed E-state index contributed by atoms with van der Waals surface area (Å²) in [5.41, 5.74) is 0. The first kappa shape index (κ1) is 4.13. The van der Waals surface area contributed by atoms with Gasteiger partial charge in [-0.15, -0.1) is 0 Å². The molecule has 0 amide bonds. The summed E-state index contributed by atoms with van der Waals surface area (Å²) in [7, 11) is 1.87. The lowest BCUT2D eigenvalue weighted by atomic mass is 10.7. The molecule has 0 saturated heterocycles. The summed E-state index contributed by atoms with van der Waals surface area (Å²) in [5, 5.41) is 0. The molecule has 2 nitrogen and oxygen atoms in total. The smallest absolute Gasteiger partial charge is 0.240 e. The second kappa shape index (κ2) is 1.99. The minimum Gasteiger partial charge on any atom is -0.240 e. The van der Waals surface area contributed by atoms with Crippen molar-refractivity contribution in [3.05, 3.63) is 18.7 Å². The summed E-state index contributed by atoms with van der Waals surface area (Å²) in [4.78, 5) is 0. The maximum atomic E-state index is 7.40. The van der Waals surface area contributed by atoms with Crippen LogP contribution in [-0.2, 0) is 13.6 Å². The van der Waals surface area contributed by atoms with Gasteiger partial charge in [0.2, 0.25) is 6.30 Å². The number of rotatable bonds is 1. The lowest BCUT2D eigenvalue weighted by Crippen LogP contribution is -2.23. The predicted octanol–water partition coefficient (Wildman–Crippen LogP) is 0.333. The van der Waals surface area contributed by atoms with Gasteiger partial charge in [0.05, 0.1) is 13.6 Å². The van der Waals surface area contributed by atoms with Gasteiger partial charge in [0, 0.05) is 0 Å². The fourth-order valence-electron chi connectivity index (χ4n) is 0.626. The molecule has 0 aromatic carbocycles. The summed E-state index contributed by atoms with van der Waals surface area (Å²) in [6, 6.07) is 0. The van der Waals surface area contributed by atoms with Crippen LogP contribution in [0.1, 0.15) is 8.29 Å². The van der Waals surface area contributed by atoms with E-state index < -0.39 is 0 Å². The first-order valence-electron chi connectivity index (χ1n) is 3.27. The second-order valence-electron chi connectivity index (χ2n) is 1.80. The van der Waals surface area contributed by atoms with Gasteiger partial charge in [0.1, 0.15) is 12.4 Å². The van der Waals surface area contributed by atoms with Gasteiger partial charge in [-0.2, -0.15) is 0 Å². The Kier molecular flexibility index (Phi) is 1.02. The number of hydrogen-bond acceptors (Lipinski definition) is 0. The zero-order valence-electron chi connectivity index (χ0n) is 6.26. The molecule has 0 fully saturated rings. The van der Waals surface area contributed by atoms with Crippen molar-refractivity contribution in [1.29, 1.82) is 0 Å². The van der Waals surface area contributed by atoms with Crippen LogP contribution in [0.4, 0.5) is 0 Å². The standard InChI is InChI=1S/C6H11N2/c1-3-8-5-4-7(2)6-8/h4-6H,3H2,1-2H3/q+1/i6D. The molecule has 2 heteroatoms. The highest BCUT2D eigenvalue weighted by molar-refractivity contribution is 4.63. The molecule has 0 N–H and O–H groups in total. The highest BCUT2D eigenvalue weighted by Gasteiger charge is 1.92. The Labute approximate surface area is 50.8 Å². The molecule has 0 aliphatic carbocycles. The van der Waals surface area contributed by atoms with Crippen LogP contribution < -0.4 is 4.57 Å². The van der Waals surface area contributed by atoms with Crippen molar-refractivity contribution in [2.24, 2.45) is 7.05 Å². The summed E-state index contributed by atoms with van der Waals surface area (Å²) in [5.74, 6) is 0. The van der Waals surface area contributed by atoms with Crippen molar-refractivity contribution in [3.63, 3.8) is 0 Å². The molecule has 1 heterocycles. The minimum absolute atomic E-state index is 0.553. The number of nitrogens with zero attached hydrogens (tertiary/aromatic N) is 2. The van der Waals surface area contributed by atoms with Gasteiger partial charge in [-0.1, -0.05) is 0 Å². The largest absolute Gasteiger partial charge is 0.243 e. The average molecular weight is 112 g/mol. The van der Waals surface area contributed by atoms with Crippen LogP contribution in [-0.4, -0.2) is 4.57 Å². The Morgan fingerprint density at radius 2 is 2.62 bits per heavy atom. The van der Waals surface area contributed by atoms with Gasteiger partial charge in [-0.05, 0) is 6.92 Å². The van der Waals surface area contributed by atoms with E-state index in [4.69, 9.17) is 1.37 Å². The number of aromatic nitrogens is 2. The fraction of sp³-hybridized carbons (Fsp3) is 0.500. The van der Waals surface area contributed by atoms with E-state index in [1.807, 2.05) is 30.9 Å². The van der Waals surface area contributed by atoms with Gasteiger partial charge >= 0.3 is 0 Å². The molecule has 0 spiro atoms. The molecule has 1 rings (SSSR count). The maximum absolute atomic E-state index is 7.40. The zero-order chi connectivity index (χ0) is 6.85. The topological polar surface area (TPSA) is 8.81 Å². The lowest BCUT2D eigenvalue weighted by Gasteiger charge is -1.81. The third-order valence-corrected chi connectivity index (χ3v) is 1.10. The molecule has 44 valence electrons. The molecular formula is C6H11N2+. The van der Waals surface area contributed by atoms with E-state index in [1.54, 1.807) is 4.57 Å².